The van der Waals surface area contributed by atoms with Crippen LogP contribution in [0, 0.1) is 6.92 Å². The summed E-state index contributed by atoms with van der Waals surface area (Å²) in [4.78, 5) is 0. The van der Waals surface area contributed by atoms with E-state index in [1.54, 1.807) is 23.1 Å². The number of hydrogen-bond acceptors (Lipinski definition) is 5. The van der Waals surface area contributed by atoms with E-state index in [1.807, 2.05) is 6.92 Å². The average Bonchev–Trinajstić information content (AvgIpc) is 2.81. The zero-order valence-electron chi connectivity index (χ0n) is 11.0. The van der Waals surface area contributed by atoms with Gasteiger partial charge in [0.2, 0.25) is 0 Å². The van der Waals surface area contributed by atoms with Crippen LogP contribution in [0.25, 0.3) is 0 Å². The second-order valence-electron chi connectivity index (χ2n) is 5.03. The fourth-order valence-corrected chi connectivity index (χ4v) is 5.03. The van der Waals surface area contributed by atoms with Crippen LogP contribution in [0.5, 0.6) is 0 Å². The van der Waals surface area contributed by atoms with Crippen LogP contribution < -0.4 is 5.73 Å². The van der Waals surface area contributed by atoms with Crippen molar-refractivity contribution >= 4 is 23.1 Å². The number of thioether (sulfide) groups is 1. The Morgan fingerprint density at radius 2 is 2.00 bits per heavy atom. The summed E-state index contributed by atoms with van der Waals surface area (Å²) in [5.74, 6) is 0.558. The molecule has 0 amide bonds. The Kier molecular flexibility index (Phi) is 3.60. The molecule has 1 aliphatic carbocycles. The van der Waals surface area contributed by atoms with Crippen LogP contribution in [-0.4, -0.2) is 15.4 Å². The van der Waals surface area contributed by atoms with Crippen LogP contribution in [0.15, 0.2) is 28.6 Å². The monoisotopic (exact) mass is 291 g/mol. The van der Waals surface area contributed by atoms with Gasteiger partial charge in [-0.2, -0.15) is 0 Å². The van der Waals surface area contributed by atoms with Crippen molar-refractivity contribution in [2.45, 2.75) is 41.8 Å². The molecule has 3 nitrogen and oxygen atoms in total. The number of aromatic nitrogens is 2. The number of fused-ring (bicyclic) bond motifs is 1. The molecule has 100 valence electrons. The second-order valence-corrected chi connectivity index (χ2v) is 7.70. The number of aryl methyl sites for hydroxylation is 1. The molecule has 5 heteroatoms. The summed E-state index contributed by atoms with van der Waals surface area (Å²) in [6.07, 6.45) is 1.10. The SMILES string of the molecule is Cc1nnc(SC2CC(C)c3ccccc3C2N)s1. The predicted octanol–water partition coefficient (Wildman–Crippen LogP) is 3.51. The molecule has 1 aromatic heterocycles. The summed E-state index contributed by atoms with van der Waals surface area (Å²) in [7, 11) is 0. The third-order valence-corrected chi connectivity index (χ3v) is 5.88. The van der Waals surface area contributed by atoms with E-state index in [-0.39, 0.29) is 6.04 Å². The number of hydrogen-bond donors (Lipinski definition) is 1. The van der Waals surface area contributed by atoms with Gasteiger partial charge in [0.15, 0.2) is 4.34 Å². The van der Waals surface area contributed by atoms with Gasteiger partial charge in [-0.25, -0.2) is 0 Å². The largest absolute Gasteiger partial charge is 0.323 e. The van der Waals surface area contributed by atoms with Crippen molar-refractivity contribution in [2.24, 2.45) is 5.73 Å². The zero-order valence-corrected chi connectivity index (χ0v) is 12.7. The molecule has 0 spiro atoms. The van der Waals surface area contributed by atoms with E-state index in [0.29, 0.717) is 11.2 Å². The lowest BCUT2D eigenvalue weighted by atomic mass is 9.81. The van der Waals surface area contributed by atoms with Gasteiger partial charge < -0.3 is 5.73 Å². The molecule has 1 aliphatic rings. The average molecular weight is 291 g/mol. The summed E-state index contributed by atoms with van der Waals surface area (Å²) >= 11 is 3.43. The van der Waals surface area contributed by atoms with E-state index in [4.69, 9.17) is 5.73 Å². The maximum atomic E-state index is 6.44. The molecule has 0 aliphatic heterocycles. The smallest absolute Gasteiger partial charge is 0.174 e. The Morgan fingerprint density at radius 3 is 2.68 bits per heavy atom. The molecule has 3 rings (SSSR count). The fourth-order valence-electron chi connectivity index (χ4n) is 2.66. The van der Waals surface area contributed by atoms with Crippen molar-refractivity contribution in [3.8, 4) is 0 Å². The van der Waals surface area contributed by atoms with Gasteiger partial charge in [-0.1, -0.05) is 54.3 Å². The first kappa shape index (κ1) is 13.1. The van der Waals surface area contributed by atoms with Crippen molar-refractivity contribution < 1.29 is 0 Å². The molecule has 0 fully saturated rings. The van der Waals surface area contributed by atoms with Gasteiger partial charge in [0.1, 0.15) is 5.01 Å². The first-order valence-electron chi connectivity index (χ1n) is 6.46. The Bertz CT molecular complexity index is 582. The van der Waals surface area contributed by atoms with Crippen LogP contribution in [0.4, 0.5) is 0 Å². The van der Waals surface area contributed by atoms with Gasteiger partial charge in [0, 0.05) is 11.3 Å². The lowest BCUT2D eigenvalue weighted by Gasteiger charge is -2.33. The topological polar surface area (TPSA) is 51.8 Å². The quantitative estimate of drug-likeness (QED) is 0.920. The maximum absolute atomic E-state index is 6.44. The number of benzene rings is 1. The molecule has 0 saturated heterocycles. The van der Waals surface area contributed by atoms with Gasteiger partial charge in [-0.05, 0) is 30.4 Å². The second kappa shape index (κ2) is 5.23. The van der Waals surface area contributed by atoms with Crippen molar-refractivity contribution in [2.75, 3.05) is 0 Å². The molecule has 0 saturated carbocycles. The third kappa shape index (κ3) is 2.55. The predicted molar refractivity (Wildman–Crippen MR) is 80.7 cm³/mol. The zero-order chi connectivity index (χ0) is 13.4. The highest BCUT2D eigenvalue weighted by Crippen LogP contribution is 2.44. The van der Waals surface area contributed by atoms with Crippen LogP contribution in [0.3, 0.4) is 0 Å². The maximum Gasteiger partial charge on any atom is 0.174 e. The molecule has 1 aromatic carbocycles. The standard InChI is InChI=1S/C14H17N3S2/c1-8-7-12(19-14-17-16-9(2)18-14)13(15)11-6-4-3-5-10(8)11/h3-6,8,12-13H,7,15H2,1-2H3. The Morgan fingerprint density at radius 1 is 1.26 bits per heavy atom. The van der Waals surface area contributed by atoms with Gasteiger partial charge >= 0.3 is 0 Å². The third-order valence-electron chi connectivity index (χ3n) is 3.63. The molecule has 19 heavy (non-hydrogen) atoms. The van der Waals surface area contributed by atoms with Crippen LogP contribution in [-0.2, 0) is 0 Å². The van der Waals surface area contributed by atoms with Gasteiger partial charge in [0.05, 0.1) is 0 Å². The van der Waals surface area contributed by atoms with E-state index in [0.717, 1.165) is 15.8 Å². The van der Waals surface area contributed by atoms with Gasteiger partial charge in [-0.15, -0.1) is 10.2 Å². The molecular weight excluding hydrogens is 274 g/mol. The molecule has 2 N–H and O–H groups in total. The molecule has 2 aromatic rings. The Hall–Kier alpha value is -0.910. The molecule has 3 unspecified atom stereocenters. The van der Waals surface area contributed by atoms with Crippen molar-refractivity contribution in [3.05, 3.63) is 40.4 Å². The van der Waals surface area contributed by atoms with E-state index in [2.05, 4.69) is 41.4 Å². The van der Waals surface area contributed by atoms with Crippen molar-refractivity contribution in [1.82, 2.24) is 10.2 Å². The highest BCUT2D eigenvalue weighted by atomic mass is 32.2. The Balaban J connectivity index is 1.85. The van der Waals surface area contributed by atoms with E-state index in [1.165, 1.54) is 11.1 Å². The molecule has 0 bridgehead atoms. The fraction of sp³-hybridized carbons (Fsp3) is 0.429. The van der Waals surface area contributed by atoms with Gasteiger partial charge in [-0.3, -0.25) is 0 Å². The highest BCUT2D eigenvalue weighted by Gasteiger charge is 2.31. The van der Waals surface area contributed by atoms with E-state index >= 15 is 0 Å². The molecule has 3 atom stereocenters. The van der Waals surface area contributed by atoms with E-state index in [9.17, 15) is 0 Å². The minimum absolute atomic E-state index is 0.0848. The van der Waals surface area contributed by atoms with E-state index < -0.39 is 0 Å². The lowest BCUT2D eigenvalue weighted by molar-refractivity contribution is 0.527. The first-order chi connectivity index (χ1) is 9.15. The highest BCUT2D eigenvalue weighted by molar-refractivity contribution is 8.01. The Labute approximate surface area is 121 Å². The minimum atomic E-state index is 0.0848. The van der Waals surface area contributed by atoms with Crippen molar-refractivity contribution in [1.29, 1.82) is 0 Å². The van der Waals surface area contributed by atoms with Crippen LogP contribution in [0.1, 0.15) is 41.4 Å². The first-order valence-corrected chi connectivity index (χ1v) is 8.16. The van der Waals surface area contributed by atoms with Crippen LogP contribution >= 0.6 is 23.1 Å². The summed E-state index contributed by atoms with van der Waals surface area (Å²) in [5, 5.41) is 9.68. The normalized spacial score (nSPS) is 26.2. The van der Waals surface area contributed by atoms with Crippen molar-refractivity contribution in [3.63, 3.8) is 0 Å². The summed E-state index contributed by atoms with van der Waals surface area (Å²) < 4.78 is 1.03. The summed E-state index contributed by atoms with van der Waals surface area (Å²) in [5.41, 5.74) is 9.14. The van der Waals surface area contributed by atoms with Crippen LogP contribution in [0.2, 0.25) is 0 Å². The lowest BCUT2D eigenvalue weighted by Crippen LogP contribution is -2.30. The number of nitrogens with two attached hydrogens (primary N) is 1. The van der Waals surface area contributed by atoms with Gasteiger partial charge in [0.25, 0.3) is 0 Å². The minimum Gasteiger partial charge on any atom is -0.323 e. The summed E-state index contributed by atoms with van der Waals surface area (Å²) in [6, 6.07) is 8.63. The summed E-state index contributed by atoms with van der Waals surface area (Å²) in [6.45, 7) is 4.27. The number of rotatable bonds is 2. The number of nitrogens with zero attached hydrogens (tertiary/aromatic N) is 2. The molecular formula is C14H17N3S2. The molecule has 0 radical (unpaired) electrons. The molecule has 1 heterocycles.